The van der Waals surface area contributed by atoms with Gasteiger partial charge in [-0.3, -0.25) is 10.2 Å². The van der Waals surface area contributed by atoms with E-state index >= 15 is 0 Å². The van der Waals surface area contributed by atoms with Gasteiger partial charge in [-0.25, -0.2) is 5.01 Å². The molecule has 0 fully saturated rings. The topological polar surface area (TPSA) is 41.6 Å². The van der Waals surface area contributed by atoms with Crippen LogP contribution in [-0.4, -0.2) is 32.1 Å². The third-order valence-corrected chi connectivity index (χ3v) is 2.33. The molecular weight excluding hydrogens is 204 g/mol. The number of rotatable bonds is 4. The zero-order valence-electron chi connectivity index (χ0n) is 10.2. The molecule has 0 aliphatic rings. The number of hydrazine groups is 1. The molecule has 0 heterocycles. The fraction of sp³-hybridized carbons (Fsp3) is 0.417. The van der Waals surface area contributed by atoms with Crippen molar-refractivity contribution in [2.45, 2.75) is 12.8 Å². The van der Waals surface area contributed by atoms with Gasteiger partial charge in [0.25, 0.3) is 0 Å². The zero-order valence-corrected chi connectivity index (χ0v) is 10.2. The van der Waals surface area contributed by atoms with Gasteiger partial charge in [0.2, 0.25) is 5.91 Å². The van der Waals surface area contributed by atoms with Crippen molar-refractivity contribution in [3.8, 4) is 5.75 Å². The van der Waals surface area contributed by atoms with Crippen LogP contribution in [0.5, 0.6) is 5.75 Å². The number of carbonyl (C=O) groups is 1. The van der Waals surface area contributed by atoms with Crippen molar-refractivity contribution in [1.29, 1.82) is 0 Å². The van der Waals surface area contributed by atoms with Crippen LogP contribution >= 0.6 is 0 Å². The average molecular weight is 222 g/mol. The lowest BCUT2D eigenvalue weighted by atomic mass is 9.99. The summed E-state index contributed by atoms with van der Waals surface area (Å²) in [5.74, 6) is 0.456. The highest BCUT2D eigenvalue weighted by atomic mass is 16.5. The van der Waals surface area contributed by atoms with E-state index in [4.69, 9.17) is 4.74 Å². The summed E-state index contributed by atoms with van der Waals surface area (Å²) in [5, 5.41) is 1.63. The molecular formula is C12H18N2O2. The Hall–Kier alpha value is -1.55. The van der Waals surface area contributed by atoms with Gasteiger partial charge in [0.15, 0.2) is 0 Å². The van der Waals surface area contributed by atoms with Gasteiger partial charge in [0.1, 0.15) is 5.75 Å². The van der Waals surface area contributed by atoms with Crippen LogP contribution in [0.1, 0.15) is 18.4 Å². The van der Waals surface area contributed by atoms with Crippen molar-refractivity contribution >= 4 is 5.91 Å². The molecule has 4 nitrogen and oxygen atoms in total. The van der Waals surface area contributed by atoms with Crippen molar-refractivity contribution < 1.29 is 9.53 Å². The Morgan fingerprint density at radius 2 is 2.00 bits per heavy atom. The standard InChI is InChI=1S/C12H18N2O2/c1-9(12(15)13-14(2)3)10-7-5-6-8-11(10)16-4/h5-9H,1-4H3,(H,13,15). The van der Waals surface area contributed by atoms with Crippen molar-refractivity contribution in [3.05, 3.63) is 29.8 Å². The summed E-state index contributed by atoms with van der Waals surface area (Å²) in [6, 6.07) is 7.55. The highest BCUT2D eigenvalue weighted by Gasteiger charge is 2.18. The Kier molecular flexibility index (Phi) is 4.31. The van der Waals surface area contributed by atoms with Gasteiger partial charge in [-0.15, -0.1) is 0 Å². The highest BCUT2D eigenvalue weighted by molar-refractivity contribution is 5.83. The first-order chi connectivity index (χ1) is 7.56. The number of nitrogens with one attached hydrogen (secondary N) is 1. The van der Waals surface area contributed by atoms with E-state index in [1.165, 1.54) is 0 Å². The van der Waals surface area contributed by atoms with Gasteiger partial charge >= 0.3 is 0 Å². The molecule has 0 aromatic heterocycles. The molecule has 0 spiro atoms. The molecule has 16 heavy (non-hydrogen) atoms. The minimum Gasteiger partial charge on any atom is -0.496 e. The summed E-state index contributed by atoms with van der Waals surface area (Å²) in [7, 11) is 5.18. The third-order valence-electron chi connectivity index (χ3n) is 2.33. The van der Waals surface area contributed by atoms with E-state index in [0.717, 1.165) is 11.3 Å². The second-order valence-electron chi connectivity index (χ2n) is 3.83. The number of benzene rings is 1. The van der Waals surface area contributed by atoms with Crippen molar-refractivity contribution in [2.75, 3.05) is 21.2 Å². The number of ether oxygens (including phenoxy) is 1. The van der Waals surface area contributed by atoms with Crippen LogP contribution in [0.25, 0.3) is 0 Å². The molecule has 1 aromatic rings. The number of carbonyl (C=O) groups excluding carboxylic acids is 1. The van der Waals surface area contributed by atoms with Crippen LogP contribution in [0.3, 0.4) is 0 Å². The molecule has 1 atom stereocenters. The van der Waals surface area contributed by atoms with Crippen LogP contribution in [0, 0.1) is 0 Å². The van der Waals surface area contributed by atoms with Crippen LogP contribution in [0.2, 0.25) is 0 Å². The first kappa shape index (κ1) is 12.5. The zero-order chi connectivity index (χ0) is 12.1. The molecule has 0 aliphatic heterocycles. The SMILES string of the molecule is COc1ccccc1C(C)C(=O)NN(C)C. The number of para-hydroxylation sites is 1. The molecule has 4 heteroatoms. The van der Waals surface area contributed by atoms with Gasteiger partial charge in [0, 0.05) is 19.7 Å². The fourth-order valence-electron chi connectivity index (χ4n) is 1.48. The van der Waals surface area contributed by atoms with Crippen LogP contribution in [0.15, 0.2) is 24.3 Å². The lowest BCUT2D eigenvalue weighted by molar-refractivity contribution is -0.126. The van der Waals surface area contributed by atoms with E-state index in [-0.39, 0.29) is 11.8 Å². The van der Waals surface area contributed by atoms with E-state index in [1.807, 2.05) is 31.2 Å². The van der Waals surface area contributed by atoms with Crippen molar-refractivity contribution in [3.63, 3.8) is 0 Å². The summed E-state index contributed by atoms with van der Waals surface area (Å²) in [4.78, 5) is 11.8. The van der Waals surface area contributed by atoms with Gasteiger partial charge in [-0.1, -0.05) is 18.2 Å². The molecule has 1 N–H and O–H groups in total. The van der Waals surface area contributed by atoms with Gasteiger partial charge in [-0.05, 0) is 13.0 Å². The van der Waals surface area contributed by atoms with Crippen LogP contribution in [0.4, 0.5) is 0 Å². The molecule has 0 radical (unpaired) electrons. The third kappa shape index (κ3) is 2.97. The second-order valence-corrected chi connectivity index (χ2v) is 3.83. The summed E-state index contributed by atoms with van der Waals surface area (Å²) < 4.78 is 5.23. The van der Waals surface area contributed by atoms with Gasteiger partial charge < -0.3 is 4.74 Å². The number of methoxy groups -OCH3 is 1. The quantitative estimate of drug-likeness (QED) is 0.783. The first-order valence-corrected chi connectivity index (χ1v) is 5.17. The minimum atomic E-state index is -0.237. The first-order valence-electron chi connectivity index (χ1n) is 5.17. The molecule has 88 valence electrons. The maximum atomic E-state index is 11.8. The van der Waals surface area contributed by atoms with Gasteiger partial charge in [0.05, 0.1) is 13.0 Å². The van der Waals surface area contributed by atoms with Crippen LogP contribution in [-0.2, 0) is 4.79 Å². The van der Waals surface area contributed by atoms with E-state index in [0.29, 0.717) is 0 Å². The molecule has 1 amide bonds. The monoisotopic (exact) mass is 222 g/mol. The molecule has 0 saturated carbocycles. The Labute approximate surface area is 96.2 Å². The predicted octanol–water partition coefficient (Wildman–Crippen LogP) is 1.39. The number of hydrogen-bond acceptors (Lipinski definition) is 3. The number of nitrogens with zero attached hydrogens (tertiary/aromatic N) is 1. The molecule has 0 saturated heterocycles. The maximum absolute atomic E-state index is 11.8. The average Bonchev–Trinajstić information content (AvgIpc) is 2.27. The van der Waals surface area contributed by atoms with E-state index in [9.17, 15) is 4.79 Å². The summed E-state index contributed by atoms with van der Waals surface area (Å²) >= 11 is 0. The van der Waals surface area contributed by atoms with E-state index in [1.54, 1.807) is 26.2 Å². The minimum absolute atomic E-state index is 0.0468. The lowest BCUT2D eigenvalue weighted by Crippen LogP contribution is -2.38. The van der Waals surface area contributed by atoms with E-state index in [2.05, 4.69) is 5.43 Å². The Morgan fingerprint density at radius 3 is 2.56 bits per heavy atom. The second kappa shape index (κ2) is 5.51. The molecule has 1 unspecified atom stereocenters. The summed E-state index contributed by atoms with van der Waals surface area (Å²) in [5.41, 5.74) is 3.62. The molecule has 1 rings (SSSR count). The van der Waals surface area contributed by atoms with Crippen LogP contribution < -0.4 is 10.2 Å². The normalized spacial score (nSPS) is 12.3. The van der Waals surface area contributed by atoms with Gasteiger partial charge in [-0.2, -0.15) is 0 Å². The molecule has 0 aliphatic carbocycles. The largest absolute Gasteiger partial charge is 0.496 e. The van der Waals surface area contributed by atoms with Crippen molar-refractivity contribution in [1.82, 2.24) is 10.4 Å². The Morgan fingerprint density at radius 1 is 1.38 bits per heavy atom. The summed E-state index contributed by atoms with van der Waals surface area (Å²) in [6.45, 7) is 1.86. The highest BCUT2D eigenvalue weighted by Crippen LogP contribution is 2.25. The number of hydrogen-bond donors (Lipinski definition) is 1. The fourth-order valence-corrected chi connectivity index (χ4v) is 1.48. The summed E-state index contributed by atoms with van der Waals surface area (Å²) in [6.07, 6.45) is 0. The maximum Gasteiger partial charge on any atom is 0.241 e. The Bertz CT molecular complexity index is 364. The van der Waals surface area contributed by atoms with Crippen molar-refractivity contribution in [2.24, 2.45) is 0 Å². The predicted molar refractivity (Wildman–Crippen MR) is 63.2 cm³/mol. The smallest absolute Gasteiger partial charge is 0.241 e. The molecule has 0 bridgehead atoms. The number of amides is 1. The Balaban J connectivity index is 2.87. The molecule has 1 aromatic carbocycles. The van der Waals surface area contributed by atoms with E-state index < -0.39 is 0 Å². The lowest BCUT2D eigenvalue weighted by Gasteiger charge is -2.18.